The first-order valence-electron chi connectivity index (χ1n) is 8.93. The van der Waals surface area contributed by atoms with E-state index in [1.807, 2.05) is 24.0 Å². The fraction of sp³-hybridized carbons (Fsp3) is 0.381. The Morgan fingerprint density at radius 2 is 1.81 bits per heavy atom. The van der Waals surface area contributed by atoms with Gasteiger partial charge in [0.05, 0.1) is 26.9 Å². The molecule has 0 N–H and O–H groups in total. The lowest BCUT2D eigenvalue weighted by Crippen LogP contribution is -2.30. The molecule has 2 aromatic rings. The van der Waals surface area contributed by atoms with Crippen molar-refractivity contribution in [1.82, 2.24) is 4.90 Å². The van der Waals surface area contributed by atoms with Crippen LogP contribution in [0, 0.1) is 0 Å². The second-order valence-corrected chi connectivity index (χ2v) is 6.23. The van der Waals surface area contributed by atoms with Crippen molar-refractivity contribution in [3.05, 3.63) is 53.6 Å². The number of carbonyl (C=O) groups excluding carboxylic acids is 1. The minimum Gasteiger partial charge on any atom is -0.494 e. The SMILES string of the molecule is CCOc1ccc(C2CCCN2C(=O)c2ccc(OC)c(OC)c2)cc1. The Morgan fingerprint density at radius 1 is 1.08 bits per heavy atom. The molecule has 0 bridgehead atoms. The van der Waals surface area contributed by atoms with Crippen LogP contribution in [0.15, 0.2) is 42.5 Å². The van der Waals surface area contributed by atoms with E-state index in [4.69, 9.17) is 14.2 Å². The zero-order chi connectivity index (χ0) is 18.5. The maximum Gasteiger partial charge on any atom is 0.254 e. The van der Waals surface area contributed by atoms with Crippen molar-refractivity contribution in [3.63, 3.8) is 0 Å². The number of ether oxygens (including phenoxy) is 3. The number of amides is 1. The molecule has 1 aliphatic rings. The van der Waals surface area contributed by atoms with Gasteiger partial charge in [-0.25, -0.2) is 0 Å². The highest BCUT2D eigenvalue weighted by molar-refractivity contribution is 5.95. The van der Waals surface area contributed by atoms with E-state index in [1.165, 1.54) is 0 Å². The maximum absolute atomic E-state index is 13.1. The summed E-state index contributed by atoms with van der Waals surface area (Å²) < 4.78 is 16.1. The van der Waals surface area contributed by atoms with Gasteiger partial charge < -0.3 is 19.1 Å². The van der Waals surface area contributed by atoms with Gasteiger partial charge in [-0.15, -0.1) is 0 Å². The van der Waals surface area contributed by atoms with Gasteiger partial charge >= 0.3 is 0 Å². The average molecular weight is 355 g/mol. The Bertz CT molecular complexity index is 757. The lowest BCUT2D eigenvalue weighted by atomic mass is 10.0. The second kappa shape index (κ2) is 8.13. The van der Waals surface area contributed by atoms with Gasteiger partial charge in [-0.2, -0.15) is 0 Å². The Hall–Kier alpha value is -2.69. The van der Waals surface area contributed by atoms with E-state index in [0.29, 0.717) is 23.7 Å². The summed E-state index contributed by atoms with van der Waals surface area (Å²) in [6, 6.07) is 13.4. The zero-order valence-corrected chi connectivity index (χ0v) is 15.5. The third-order valence-corrected chi connectivity index (χ3v) is 4.72. The summed E-state index contributed by atoms with van der Waals surface area (Å²) in [4.78, 5) is 15.0. The van der Waals surface area contributed by atoms with Gasteiger partial charge in [-0.1, -0.05) is 12.1 Å². The molecular formula is C21H25NO4. The van der Waals surface area contributed by atoms with Crippen molar-refractivity contribution in [2.75, 3.05) is 27.4 Å². The lowest BCUT2D eigenvalue weighted by molar-refractivity contribution is 0.0735. The summed E-state index contributed by atoms with van der Waals surface area (Å²) in [6.45, 7) is 3.37. The predicted octanol–water partition coefficient (Wildman–Crippen LogP) is 4.08. The van der Waals surface area contributed by atoms with Gasteiger partial charge in [0, 0.05) is 12.1 Å². The molecule has 5 heteroatoms. The van der Waals surface area contributed by atoms with Crippen molar-refractivity contribution in [2.24, 2.45) is 0 Å². The first kappa shape index (κ1) is 18.1. The topological polar surface area (TPSA) is 48.0 Å². The molecule has 1 aliphatic heterocycles. The molecule has 2 aromatic carbocycles. The number of rotatable bonds is 6. The minimum atomic E-state index is 0.0161. The van der Waals surface area contributed by atoms with Crippen LogP contribution in [-0.2, 0) is 0 Å². The maximum atomic E-state index is 13.1. The van der Waals surface area contributed by atoms with Crippen molar-refractivity contribution < 1.29 is 19.0 Å². The Kier molecular flexibility index (Phi) is 5.66. The first-order valence-corrected chi connectivity index (χ1v) is 8.93. The highest BCUT2D eigenvalue weighted by Crippen LogP contribution is 2.35. The molecule has 3 rings (SSSR count). The molecule has 1 amide bonds. The van der Waals surface area contributed by atoms with Crippen molar-refractivity contribution in [1.29, 1.82) is 0 Å². The van der Waals surface area contributed by atoms with Gasteiger partial charge in [-0.05, 0) is 55.7 Å². The number of nitrogens with zero attached hydrogens (tertiary/aromatic N) is 1. The quantitative estimate of drug-likeness (QED) is 0.783. The molecule has 0 radical (unpaired) electrons. The summed E-state index contributed by atoms with van der Waals surface area (Å²) in [6.07, 6.45) is 1.96. The van der Waals surface area contributed by atoms with E-state index >= 15 is 0 Å². The number of carbonyl (C=O) groups is 1. The number of hydrogen-bond acceptors (Lipinski definition) is 4. The van der Waals surface area contributed by atoms with Crippen LogP contribution in [0.25, 0.3) is 0 Å². The summed E-state index contributed by atoms with van der Waals surface area (Å²) in [5, 5.41) is 0. The first-order chi connectivity index (χ1) is 12.7. The second-order valence-electron chi connectivity index (χ2n) is 6.23. The highest BCUT2D eigenvalue weighted by atomic mass is 16.5. The average Bonchev–Trinajstić information content (AvgIpc) is 3.17. The Balaban J connectivity index is 1.82. The highest BCUT2D eigenvalue weighted by Gasteiger charge is 2.31. The van der Waals surface area contributed by atoms with Crippen molar-refractivity contribution in [3.8, 4) is 17.2 Å². The van der Waals surface area contributed by atoms with Gasteiger partial charge in [-0.3, -0.25) is 4.79 Å². The van der Waals surface area contributed by atoms with Crippen LogP contribution in [0.2, 0.25) is 0 Å². The fourth-order valence-corrected chi connectivity index (χ4v) is 3.44. The number of benzene rings is 2. The molecule has 1 saturated heterocycles. The largest absolute Gasteiger partial charge is 0.494 e. The van der Waals surface area contributed by atoms with Crippen LogP contribution in [0.3, 0.4) is 0 Å². The molecule has 0 aliphatic carbocycles. The van der Waals surface area contributed by atoms with E-state index < -0.39 is 0 Å². The normalized spacial score (nSPS) is 16.4. The predicted molar refractivity (Wildman–Crippen MR) is 100 cm³/mol. The molecular weight excluding hydrogens is 330 g/mol. The van der Waals surface area contributed by atoms with Gasteiger partial charge in [0.15, 0.2) is 11.5 Å². The van der Waals surface area contributed by atoms with E-state index in [0.717, 1.165) is 30.7 Å². The summed E-state index contributed by atoms with van der Waals surface area (Å²) in [5.41, 5.74) is 1.75. The zero-order valence-electron chi connectivity index (χ0n) is 15.5. The summed E-state index contributed by atoms with van der Waals surface area (Å²) in [7, 11) is 3.16. The van der Waals surface area contributed by atoms with Crippen LogP contribution in [-0.4, -0.2) is 38.2 Å². The van der Waals surface area contributed by atoms with Crippen LogP contribution in [0.5, 0.6) is 17.2 Å². The summed E-state index contributed by atoms with van der Waals surface area (Å²) in [5.74, 6) is 2.05. The molecule has 1 atom stereocenters. The van der Waals surface area contributed by atoms with E-state index in [9.17, 15) is 4.79 Å². The van der Waals surface area contributed by atoms with Gasteiger partial charge in [0.2, 0.25) is 0 Å². The number of likely N-dealkylation sites (tertiary alicyclic amines) is 1. The third-order valence-electron chi connectivity index (χ3n) is 4.72. The minimum absolute atomic E-state index is 0.0161. The van der Waals surface area contributed by atoms with Gasteiger partial charge in [0.1, 0.15) is 5.75 Å². The third kappa shape index (κ3) is 3.62. The molecule has 26 heavy (non-hydrogen) atoms. The molecule has 1 unspecified atom stereocenters. The van der Waals surface area contributed by atoms with Crippen molar-refractivity contribution in [2.45, 2.75) is 25.8 Å². The van der Waals surface area contributed by atoms with E-state index in [1.54, 1.807) is 32.4 Å². The van der Waals surface area contributed by atoms with E-state index in [-0.39, 0.29) is 11.9 Å². The van der Waals surface area contributed by atoms with E-state index in [2.05, 4.69) is 12.1 Å². The van der Waals surface area contributed by atoms with Crippen LogP contribution < -0.4 is 14.2 Å². The van der Waals surface area contributed by atoms with Gasteiger partial charge in [0.25, 0.3) is 5.91 Å². The standard InChI is InChI=1S/C21H25NO4/c1-4-26-17-10-7-15(8-11-17)18-6-5-13-22(18)21(23)16-9-12-19(24-2)20(14-16)25-3/h7-12,14,18H,4-6,13H2,1-3H3. The lowest BCUT2D eigenvalue weighted by Gasteiger charge is -2.25. The molecule has 0 spiro atoms. The van der Waals surface area contributed by atoms with Crippen LogP contribution >= 0.6 is 0 Å². The van der Waals surface area contributed by atoms with Crippen LogP contribution in [0.1, 0.15) is 41.7 Å². The fourth-order valence-electron chi connectivity index (χ4n) is 3.44. The molecule has 138 valence electrons. The molecule has 1 fully saturated rings. The number of hydrogen-bond donors (Lipinski definition) is 0. The molecule has 5 nitrogen and oxygen atoms in total. The number of methoxy groups -OCH3 is 2. The summed E-state index contributed by atoms with van der Waals surface area (Å²) >= 11 is 0. The Morgan fingerprint density at radius 3 is 2.46 bits per heavy atom. The molecule has 1 heterocycles. The molecule has 0 saturated carbocycles. The monoisotopic (exact) mass is 355 g/mol. The Labute approximate surface area is 154 Å². The van der Waals surface area contributed by atoms with Crippen LogP contribution in [0.4, 0.5) is 0 Å². The smallest absolute Gasteiger partial charge is 0.254 e. The molecule has 0 aromatic heterocycles. The van der Waals surface area contributed by atoms with Crippen molar-refractivity contribution >= 4 is 5.91 Å².